The van der Waals surface area contributed by atoms with Gasteiger partial charge in [0.1, 0.15) is 4.90 Å². The standard InChI is InChI=1S/C10H12N4O2S/c1-13-10-8(6-12-13)5-9(7-11-10)17(15,16)14-3-2-4-14/h5-7H,2-4H2,1H3. The summed E-state index contributed by atoms with van der Waals surface area (Å²) in [4.78, 5) is 4.39. The second-order valence-electron chi connectivity index (χ2n) is 4.11. The largest absolute Gasteiger partial charge is 0.250 e. The minimum absolute atomic E-state index is 0.248. The molecule has 0 bridgehead atoms. The first-order valence-electron chi connectivity index (χ1n) is 5.37. The summed E-state index contributed by atoms with van der Waals surface area (Å²) in [6.45, 7) is 1.21. The SMILES string of the molecule is Cn1ncc2cc(S(=O)(=O)N3CCC3)cnc21. The Balaban J connectivity index is 2.11. The highest BCUT2D eigenvalue weighted by Crippen LogP contribution is 2.22. The van der Waals surface area contributed by atoms with Gasteiger partial charge in [0.25, 0.3) is 0 Å². The summed E-state index contributed by atoms with van der Waals surface area (Å²) in [7, 11) is -1.57. The fourth-order valence-electron chi connectivity index (χ4n) is 1.84. The highest BCUT2D eigenvalue weighted by molar-refractivity contribution is 7.89. The molecule has 0 amide bonds. The Morgan fingerprint density at radius 1 is 1.29 bits per heavy atom. The number of hydrogen-bond donors (Lipinski definition) is 0. The average Bonchev–Trinajstić information content (AvgIpc) is 2.57. The molecule has 17 heavy (non-hydrogen) atoms. The summed E-state index contributed by atoms with van der Waals surface area (Å²) in [5.74, 6) is 0. The predicted octanol–water partition coefficient (Wildman–Crippen LogP) is 0.363. The van der Waals surface area contributed by atoms with Crippen LogP contribution in [-0.4, -0.2) is 40.6 Å². The van der Waals surface area contributed by atoms with Crippen LogP contribution in [0.5, 0.6) is 0 Å². The Bertz CT molecular complexity index is 673. The van der Waals surface area contributed by atoms with E-state index in [0.29, 0.717) is 18.7 Å². The molecule has 1 saturated heterocycles. The van der Waals surface area contributed by atoms with Crippen LogP contribution in [0.3, 0.4) is 0 Å². The number of nitrogens with zero attached hydrogens (tertiary/aromatic N) is 4. The van der Waals surface area contributed by atoms with E-state index in [1.54, 1.807) is 24.0 Å². The quantitative estimate of drug-likeness (QED) is 0.774. The first-order valence-corrected chi connectivity index (χ1v) is 6.81. The molecule has 0 spiro atoms. The van der Waals surface area contributed by atoms with Crippen LogP contribution >= 0.6 is 0 Å². The van der Waals surface area contributed by atoms with Gasteiger partial charge in [-0.2, -0.15) is 9.40 Å². The van der Waals surface area contributed by atoms with Crippen molar-refractivity contribution in [3.8, 4) is 0 Å². The second-order valence-corrected chi connectivity index (χ2v) is 6.05. The number of aromatic nitrogens is 3. The molecule has 0 radical (unpaired) electrons. The van der Waals surface area contributed by atoms with Crippen molar-refractivity contribution in [1.82, 2.24) is 19.1 Å². The number of rotatable bonds is 2. The van der Waals surface area contributed by atoms with Crippen LogP contribution in [0.25, 0.3) is 11.0 Å². The van der Waals surface area contributed by atoms with Gasteiger partial charge in [-0.1, -0.05) is 0 Å². The van der Waals surface area contributed by atoms with Gasteiger partial charge in [0.2, 0.25) is 10.0 Å². The Morgan fingerprint density at radius 2 is 2.06 bits per heavy atom. The molecule has 0 unspecified atom stereocenters. The van der Waals surface area contributed by atoms with Gasteiger partial charge < -0.3 is 0 Å². The minimum Gasteiger partial charge on any atom is -0.250 e. The molecule has 0 N–H and O–H groups in total. The van der Waals surface area contributed by atoms with E-state index in [0.717, 1.165) is 11.8 Å². The topological polar surface area (TPSA) is 68.1 Å². The van der Waals surface area contributed by atoms with Crippen molar-refractivity contribution in [2.45, 2.75) is 11.3 Å². The zero-order valence-corrected chi connectivity index (χ0v) is 10.2. The van der Waals surface area contributed by atoms with Crippen LogP contribution in [0.2, 0.25) is 0 Å². The summed E-state index contributed by atoms with van der Waals surface area (Å²) in [5.41, 5.74) is 0.688. The predicted molar refractivity (Wildman–Crippen MR) is 61.9 cm³/mol. The van der Waals surface area contributed by atoms with Gasteiger partial charge in [-0.05, 0) is 12.5 Å². The Kier molecular flexibility index (Phi) is 2.20. The smallest absolute Gasteiger partial charge is 0.244 e. The maximum absolute atomic E-state index is 12.1. The lowest BCUT2D eigenvalue weighted by Gasteiger charge is -2.29. The molecule has 2 aromatic heterocycles. The summed E-state index contributed by atoms with van der Waals surface area (Å²) in [6, 6.07) is 1.63. The molecule has 1 fully saturated rings. The van der Waals surface area contributed by atoms with Crippen molar-refractivity contribution in [2.24, 2.45) is 7.05 Å². The van der Waals surface area contributed by atoms with E-state index in [2.05, 4.69) is 10.1 Å². The highest BCUT2D eigenvalue weighted by atomic mass is 32.2. The van der Waals surface area contributed by atoms with Crippen molar-refractivity contribution in [2.75, 3.05) is 13.1 Å². The van der Waals surface area contributed by atoms with Crippen LogP contribution in [0.1, 0.15) is 6.42 Å². The minimum atomic E-state index is -3.35. The molecular weight excluding hydrogens is 240 g/mol. The molecule has 1 aliphatic rings. The van der Waals surface area contributed by atoms with Crippen LogP contribution in [-0.2, 0) is 17.1 Å². The van der Waals surface area contributed by atoms with Crippen molar-refractivity contribution < 1.29 is 8.42 Å². The molecule has 1 aliphatic heterocycles. The van der Waals surface area contributed by atoms with Gasteiger partial charge in [0, 0.05) is 31.7 Å². The summed E-state index contributed by atoms with van der Waals surface area (Å²) in [5, 5.41) is 4.79. The van der Waals surface area contributed by atoms with E-state index in [1.165, 1.54) is 10.5 Å². The number of fused-ring (bicyclic) bond motifs is 1. The van der Waals surface area contributed by atoms with E-state index >= 15 is 0 Å². The van der Waals surface area contributed by atoms with Gasteiger partial charge in [-0.3, -0.25) is 4.68 Å². The molecule has 3 rings (SSSR count). The van der Waals surface area contributed by atoms with Crippen molar-refractivity contribution in [3.63, 3.8) is 0 Å². The maximum Gasteiger partial charge on any atom is 0.244 e. The zero-order valence-electron chi connectivity index (χ0n) is 9.37. The van der Waals surface area contributed by atoms with E-state index in [4.69, 9.17) is 0 Å². The lowest BCUT2D eigenvalue weighted by molar-refractivity contribution is 0.309. The fourth-order valence-corrected chi connectivity index (χ4v) is 3.34. The molecule has 90 valence electrons. The molecule has 0 atom stereocenters. The third-order valence-corrected chi connectivity index (χ3v) is 4.86. The molecule has 7 heteroatoms. The van der Waals surface area contributed by atoms with E-state index in [-0.39, 0.29) is 4.90 Å². The molecular formula is C10H12N4O2S. The number of sulfonamides is 1. The monoisotopic (exact) mass is 252 g/mol. The van der Waals surface area contributed by atoms with Gasteiger partial charge >= 0.3 is 0 Å². The Labute approximate surface area is 98.9 Å². The fraction of sp³-hybridized carbons (Fsp3) is 0.400. The first-order chi connectivity index (χ1) is 8.09. The van der Waals surface area contributed by atoms with Gasteiger partial charge in [-0.25, -0.2) is 13.4 Å². The summed E-state index contributed by atoms with van der Waals surface area (Å²) in [6.07, 6.45) is 3.96. The zero-order chi connectivity index (χ0) is 12.0. The number of aryl methyl sites for hydroxylation is 1. The van der Waals surface area contributed by atoms with Crippen molar-refractivity contribution >= 4 is 21.1 Å². The molecule has 3 heterocycles. The molecule has 0 saturated carbocycles. The third-order valence-electron chi connectivity index (χ3n) is 3.00. The molecule has 0 aromatic carbocycles. The Hall–Kier alpha value is -1.47. The van der Waals surface area contributed by atoms with Gasteiger partial charge in [0.15, 0.2) is 5.65 Å². The van der Waals surface area contributed by atoms with Crippen LogP contribution in [0.4, 0.5) is 0 Å². The summed E-state index contributed by atoms with van der Waals surface area (Å²) < 4.78 is 27.3. The van der Waals surface area contributed by atoms with Crippen molar-refractivity contribution in [3.05, 3.63) is 18.5 Å². The normalized spacial score (nSPS) is 17.2. The lowest BCUT2D eigenvalue weighted by Crippen LogP contribution is -2.41. The van der Waals surface area contributed by atoms with Crippen LogP contribution in [0, 0.1) is 0 Å². The van der Waals surface area contributed by atoms with E-state index in [9.17, 15) is 8.42 Å². The molecule has 2 aromatic rings. The van der Waals surface area contributed by atoms with Gasteiger partial charge in [0.05, 0.1) is 6.20 Å². The maximum atomic E-state index is 12.1. The highest BCUT2D eigenvalue weighted by Gasteiger charge is 2.29. The lowest BCUT2D eigenvalue weighted by atomic mass is 10.3. The second kappa shape index (κ2) is 3.51. The average molecular weight is 252 g/mol. The Morgan fingerprint density at radius 3 is 2.71 bits per heavy atom. The van der Waals surface area contributed by atoms with E-state index < -0.39 is 10.0 Å². The number of pyridine rings is 1. The first kappa shape index (κ1) is 10.7. The van der Waals surface area contributed by atoms with Crippen molar-refractivity contribution in [1.29, 1.82) is 0 Å². The van der Waals surface area contributed by atoms with Gasteiger partial charge in [-0.15, -0.1) is 0 Å². The van der Waals surface area contributed by atoms with Crippen LogP contribution in [0.15, 0.2) is 23.4 Å². The third kappa shape index (κ3) is 1.54. The summed E-state index contributed by atoms with van der Waals surface area (Å²) >= 11 is 0. The van der Waals surface area contributed by atoms with E-state index in [1.807, 2.05) is 0 Å². The molecule has 0 aliphatic carbocycles. The molecule has 6 nitrogen and oxygen atoms in total. The van der Waals surface area contributed by atoms with Crippen LogP contribution < -0.4 is 0 Å². The number of hydrogen-bond acceptors (Lipinski definition) is 4.